The van der Waals surface area contributed by atoms with E-state index in [9.17, 15) is 9.18 Å². The molecule has 0 aliphatic rings. The molecule has 1 aromatic carbocycles. The Hall–Kier alpha value is -1.42. The molecule has 82 valence electrons. The summed E-state index contributed by atoms with van der Waals surface area (Å²) in [6, 6.07) is 5.95. The summed E-state index contributed by atoms with van der Waals surface area (Å²) in [4.78, 5) is 11.5. The van der Waals surface area contributed by atoms with Crippen molar-refractivity contribution in [3.05, 3.63) is 35.6 Å². The highest BCUT2D eigenvalue weighted by Crippen LogP contribution is 2.25. The zero-order valence-electron chi connectivity index (χ0n) is 8.79. The van der Waals surface area contributed by atoms with Crippen LogP contribution in [0.2, 0.25) is 0 Å². The zero-order chi connectivity index (χ0) is 11.5. The van der Waals surface area contributed by atoms with Gasteiger partial charge in [-0.05, 0) is 12.5 Å². The monoisotopic (exact) mass is 211 g/mol. The third kappa shape index (κ3) is 1.99. The third-order valence-electron chi connectivity index (χ3n) is 2.46. The fraction of sp³-hybridized carbons (Fsp3) is 0.364. The number of methoxy groups -OCH3 is 1. The summed E-state index contributed by atoms with van der Waals surface area (Å²) in [6.07, 6.45) is 0.278. The van der Waals surface area contributed by atoms with Gasteiger partial charge in [-0.15, -0.1) is 0 Å². The van der Waals surface area contributed by atoms with Crippen LogP contribution in [0.15, 0.2) is 24.3 Å². The van der Waals surface area contributed by atoms with Crippen molar-refractivity contribution >= 4 is 5.97 Å². The number of ether oxygens (including phenoxy) is 1. The summed E-state index contributed by atoms with van der Waals surface area (Å²) in [5, 5.41) is 0. The fourth-order valence-electron chi connectivity index (χ4n) is 1.45. The number of esters is 1. The minimum atomic E-state index is -1.40. The van der Waals surface area contributed by atoms with E-state index in [1.54, 1.807) is 19.1 Å². The lowest BCUT2D eigenvalue weighted by Crippen LogP contribution is -2.45. The van der Waals surface area contributed by atoms with Gasteiger partial charge >= 0.3 is 5.97 Å². The Labute approximate surface area is 88.0 Å². The van der Waals surface area contributed by atoms with Crippen LogP contribution in [0.5, 0.6) is 0 Å². The first-order chi connectivity index (χ1) is 7.06. The Morgan fingerprint density at radius 3 is 2.60 bits per heavy atom. The molecule has 0 aliphatic carbocycles. The van der Waals surface area contributed by atoms with Crippen molar-refractivity contribution in [2.24, 2.45) is 5.73 Å². The molecule has 0 fully saturated rings. The molecule has 4 heteroatoms. The van der Waals surface area contributed by atoms with Gasteiger partial charge in [0.2, 0.25) is 0 Å². The van der Waals surface area contributed by atoms with Gasteiger partial charge in [-0.1, -0.05) is 25.1 Å². The number of hydrogen-bond acceptors (Lipinski definition) is 3. The molecule has 3 nitrogen and oxygen atoms in total. The van der Waals surface area contributed by atoms with E-state index in [0.29, 0.717) is 0 Å². The molecule has 0 bridgehead atoms. The van der Waals surface area contributed by atoms with Crippen LogP contribution >= 0.6 is 0 Å². The number of halogens is 1. The minimum Gasteiger partial charge on any atom is -0.467 e. The first kappa shape index (κ1) is 11.7. The van der Waals surface area contributed by atoms with Gasteiger partial charge in [-0.25, -0.2) is 9.18 Å². The molecule has 0 saturated carbocycles. The van der Waals surface area contributed by atoms with Crippen molar-refractivity contribution < 1.29 is 13.9 Å². The lowest BCUT2D eigenvalue weighted by atomic mass is 9.88. The molecular formula is C11H14FNO2. The van der Waals surface area contributed by atoms with Gasteiger partial charge in [-0.3, -0.25) is 0 Å². The normalized spacial score (nSPS) is 14.4. The molecule has 15 heavy (non-hydrogen) atoms. The predicted molar refractivity (Wildman–Crippen MR) is 54.6 cm³/mol. The van der Waals surface area contributed by atoms with Crippen LogP contribution < -0.4 is 5.73 Å². The van der Waals surface area contributed by atoms with Gasteiger partial charge in [0.25, 0.3) is 0 Å². The van der Waals surface area contributed by atoms with Crippen LogP contribution in [0, 0.1) is 5.82 Å². The average molecular weight is 211 g/mol. The van der Waals surface area contributed by atoms with E-state index < -0.39 is 17.3 Å². The van der Waals surface area contributed by atoms with Crippen molar-refractivity contribution in [3.8, 4) is 0 Å². The Morgan fingerprint density at radius 2 is 2.13 bits per heavy atom. The quantitative estimate of drug-likeness (QED) is 0.772. The van der Waals surface area contributed by atoms with E-state index in [1.807, 2.05) is 0 Å². The molecular weight excluding hydrogens is 197 g/mol. The van der Waals surface area contributed by atoms with Gasteiger partial charge in [-0.2, -0.15) is 0 Å². The molecule has 1 aromatic rings. The number of nitrogens with two attached hydrogens (primary N) is 1. The highest BCUT2D eigenvalue weighted by Gasteiger charge is 2.37. The highest BCUT2D eigenvalue weighted by atomic mass is 19.1. The largest absolute Gasteiger partial charge is 0.467 e. The highest BCUT2D eigenvalue weighted by molar-refractivity contribution is 5.82. The SMILES string of the molecule is CCC(N)(C(=O)OC)c1ccccc1F. The van der Waals surface area contributed by atoms with Crippen LogP contribution in [-0.2, 0) is 15.1 Å². The number of rotatable bonds is 3. The Balaban J connectivity index is 3.23. The molecule has 0 radical (unpaired) electrons. The summed E-state index contributed by atoms with van der Waals surface area (Å²) in [5.41, 5.74) is 4.62. The van der Waals surface area contributed by atoms with Crippen molar-refractivity contribution in [1.82, 2.24) is 0 Å². The average Bonchev–Trinajstić information content (AvgIpc) is 2.27. The lowest BCUT2D eigenvalue weighted by Gasteiger charge is -2.25. The molecule has 0 saturated heterocycles. The van der Waals surface area contributed by atoms with Crippen molar-refractivity contribution in [2.45, 2.75) is 18.9 Å². The molecule has 0 aromatic heterocycles. The summed E-state index contributed by atoms with van der Waals surface area (Å²) in [6.45, 7) is 1.71. The third-order valence-corrected chi connectivity index (χ3v) is 2.46. The molecule has 1 unspecified atom stereocenters. The van der Waals surface area contributed by atoms with E-state index in [-0.39, 0.29) is 12.0 Å². The van der Waals surface area contributed by atoms with E-state index >= 15 is 0 Å². The second-order valence-electron chi connectivity index (χ2n) is 3.30. The maximum absolute atomic E-state index is 13.5. The van der Waals surface area contributed by atoms with Gasteiger partial charge in [0.1, 0.15) is 11.4 Å². The number of benzene rings is 1. The second kappa shape index (κ2) is 4.40. The van der Waals surface area contributed by atoms with E-state index in [0.717, 1.165) is 0 Å². The van der Waals surface area contributed by atoms with Gasteiger partial charge in [0.05, 0.1) is 7.11 Å². The zero-order valence-corrected chi connectivity index (χ0v) is 8.79. The maximum Gasteiger partial charge on any atom is 0.330 e. The van der Waals surface area contributed by atoms with Crippen molar-refractivity contribution in [2.75, 3.05) is 7.11 Å². The maximum atomic E-state index is 13.5. The summed E-state index contributed by atoms with van der Waals surface area (Å²) < 4.78 is 18.1. The predicted octanol–water partition coefficient (Wildman–Crippen LogP) is 1.56. The molecule has 1 rings (SSSR count). The lowest BCUT2D eigenvalue weighted by molar-refractivity contribution is -0.147. The molecule has 0 amide bonds. The first-order valence-corrected chi connectivity index (χ1v) is 4.68. The molecule has 0 heterocycles. The second-order valence-corrected chi connectivity index (χ2v) is 3.30. The van der Waals surface area contributed by atoms with Crippen LogP contribution in [0.1, 0.15) is 18.9 Å². The Bertz CT molecular complexity index is 367. The van der Waals surface area contributed by atoms with Gasteiger partial charge < -0.3 is 10.5 Å². The fourth-order valence-corrected chi connectivity index (χ4v) is 1.45. The van der Waals surface area contributed by atoms with Crippen LogP contribution in [0.4, 0.5) is 4.39 Å². The van der Waals surface area contributed by atoms with Crippen LogP contribution in [0.25, 0.3) is 0 Å². The summed E-state index contributed by atoms with van der Waals surface area (Å²) in [5.74, 6) is -1.12. The number of hydrogen-bond donors (Lipinski definition) is 1. The minimum absolute atomic E-state index is 0.166. The summed E-state index contributed by atoms with van der Waals surface area (Å²) in [7, 11) is 1.24. The van der Waals surface area contributed by atoms with Crippen molar-refractivity contribution in [1.29, 1.82) is 0 Å². The topological polar surface area (TPSA) is 52.3 Å². The van der Waals surface area contributed by atoms with Crippen LogP contribution in [0.3, 0.4) is 0 Å². The van der Waals surface area contributed by atoms with Gasteiger partial charge in [0, 0.05) is 5.56 Å². The molecule has 2 N–H and O–H groups in total. The Kier molecular flexibility index (Phi) is 3.42. The first-order valence-electron chi connectivity index (χ1n) is 4.68. The molecule has 1 atom stereocenters. The molecule has 0 aliphatic heterocycles. The number of carbonyl (C=O) groups is 1. The van der Waals surface area contributed by atoms with E-state index in [1.165, 1.54) is 19.2 Å². The standard InChI is InChI=1S/C11H14FNO2/c1-3-11(13,10(14)15-2)8-6-4-5-7-9(8)12/h4-7H,3,13H2,1-2H3. The number of carbonyl (C=O) groups excluding carboxylic acids is 1. The van der Waals surface area contributed by atoms with Crippen LogP contribution in [-0.4, -0.2) is 13.1 Å². The Morgan fingerprint density at radius 1 is 1.53 bits per heavy atom. The van der Waals surface area contributed by atoms with Gasteiger partial charge in [0.15, 0.2) is 0 Å². The van der Waals surface area contributed by atoms with E-state index in [4.69, 9.17) is 5.73 Å². The summed E-state index contributed by atoms with van der Waals surface area (Å²) >= 11 is 0. The molecule has 0 spiro atoms. The van der Waals surface area contributed by atoms with E-state index in [2.05, 4.69) is 4.74 Å². The van der Waals surface area contributed by atoms with Crippen molar-refractivity contribution in [3.63, 3.8) is 0 Å². The smallest absolute Gasteiger partial charge is 0.330 e.